The third-order valence-corrected chi connectivity index (χ3v) is 4.35. The maximum absolute atomic E-state index is 5.86. The van der Waals surface area contributed by atoms with Crippen LogP contribution in [-0.4, -0.2) is 9.78 Å². The van der Waals surface area contributed by atoms with E-state index in [-0.39, 0.29) is 0 Å². The van der Waals surface area contributed by atoms with Gasteiger partial charge in [-0.25, -0.2) is 4.68 Å². The van der Waals surface area contributed by atoms with Gasteiger partial charge in [0.15, 0.2) is 0 Å². The first-order chi connectivity index (χ1) is 8.04. The number of nitrogens with zero attached hydrogens (tertiary/aromatic N) is 2. The van der Waals surface area contributed by atoms with Crippen LogP contribution in [0.3, 0.4) is 0 Å². The van der Waals surface area contributed by atoms with Gasteiger partial charge in [-0.2, -0.15) is 5.10 Å². The molecule has 0 spiro atoms. The highest BCUT2D eigenvalue weighted by Crippen LogP contribution is 2.24. The average Bonchev–Trinajstić information content (AvgIpc) is 2.57. The van der Waals surface area contributed by atoms with E-state index in [0.29, 0.717) is 5.88 Å². The van der Waals surface area contributed by atoms with Crippen molar-refractivity contribution in [2.24, 2.45) is 0 Å². The van der Waals surface area contributed by atoms with E-state index < -0.39 is 0 Å². The van der Waals surface area contributed by atoms with Crippen LogP contribution >= 0.6 is 27.5 Å². The van der Waals surface area contributed by atoms with Gasteiger partial charge in [0.25, 0.3) is 0 Å². The Morgan fingerprint density at radius 3 is 2.47 bits per heavy atom. The fourth-order valence-corrected chi connectivity index (χ4v) is 2.38. The zero-order valence-electron chi connectivity index (χ0n) is 10.1. The molecule has 2 rings (SSSR count). The van der Waals surface area contributed by atoms with Crippen LogP contribution in [0, 0.1) is 20.8 Å². The van der Waals surface area contributed by atoms with Crippen molar-refractivity contribution < 1.29 is 0 Å². The Bertz CT molecular complexity index is 561. The van der Waals surface area contributed by atoms with Crippen molar-refractivity contribution in [3.05, 3.63) is 45.2 Å². The van der Waals surface area contributed by atoms with Crippen molar-refractivity contribution >= 4 is 27.5 Å². The van der Waals surface area contributed by atoms with Crippen molar-refractivity contribution in [3.8, 4) is 5.69 Å². The van der Waals surface area contributed by atoms with Crippen molar-refractivity contribution in [3.63, 3.8) is 0 Å². The summed E-state index contributed by atoms with van der Waals surface area (Å²) in [7, 11) is 0. The third-order valence-electron chi connectivity index (χ3n) is 2.92. The summed E-state index contributed by atoms with van der Waals surface area (Å²) >= 11 is 9.40. The summed E-state index contributed by atoms with van der Waals surface area (Å²) in [5, 5.41) is 4.51. The minimum absolute atomic E-state index is 0.549. The fourth-order valence-electron chi connectivity index (χ4n) is 1.84. The molecule has 90 valence electrons. The largest absolute Gasteiger partial charge is 0.237 e. The van der Waals surface area contributed by atoms with Crippen molar-refractivity contribution in [1.29, 1.82) is 0 Å². The van der Waals surface area contributed by atoms with Gasteiger partial charge >= 0.3 is 0 Å². The lowest BCUT2D eigenvalue weighted by Gasteiger charge is -2.08. The summed E-state index contributed by atoms with van der Waals surface area (Å²) < 4.78 is 3.02. The van der Waals surface area contributed by atoms with Gasteiger partial charge in [-0.1, -0.05) is 6.07 Å². The smallest absolute Gasteiger partial charge is 0.0743 e. The van der Waals surface area contributed by atoms with E-state index in [1.54, 1.807) is 0 Å². The molecule has 17 heavy (non-hydrogen) atoms. The molecule has 2 nitrogen and oxygen atoms in total. The van der Waals surface area contributed by atoms with E-state index in [4.69, 9.17) is 11.6 Å². The molecule has 0 bridgehead atoms. The lowest BCUT2D eigenvalue weighted by molar-refractivity contribution is 0.831. The van der Waals surface area contributed by atoms with Crippen molar-refractivity contribution in [1.82, 2.24) is 9.78 Å². The molecule has 0 fully saturated rings. The number of hydrogen-bond acceptors (Lipinski definition) is 1. The van der Waals surface area contributed by atoms with Gasteiger partial charge in [-0.3, -0.25) is 0 Å². The van der Waals surface area contributed by atoms with Gasteiger partial charge in [0.2, 0.25) is 0 Å². The van der Waals surface area contributed by atoms with Crippen LogP contribution in [0.5, 0.6) is 0 Å². The monoisotopic (exact) mass is 312 g/mol. The summed E-state index contributed by atoms with van der Waals surface area (Å²) in [6.45, 7) is 6.12. The molecule has 0 atom stereocenters. The first-order valence-electron chi connectivity index (χ1n) is 5.42. The maximum Gasteiger partial charge on any atom is 0.0743 e. The molecule has 2 aromatic rings. The standard InChI is InChI=1S/C13H14BrClN2/c1-8-6-12(5-4-11(8)7-15)17-10(3)13(14)9(2)16-17/h4-6H,7H2,1-3H3. The van der Waals surface area contributed by atoms with Gasteiger partial charge in [-0.05, 0) is 60.0 Å². The number of alkyl halides is 1. The van der Waals surface area contributed by atoms with Gasteiger partial charge in [0.05, 0.1) is 21.5 Å². The average molecular weight is 314 g/mol. The number of rotatable bonds is 2. The second-order valence-corrected chi connectivity index (χ2v) is 5.20. The van der Waals surface area contributed by atoms with Crippen LogP contribution in [-0.2, 0) is 5.88 Å². The number of aromatic nitrogens is 2. The molecule has 0 aliphatic heterocycles. The molecule has 0 N–H and O–H groups in total. The Morgan fingerprint density at radius 2 is 2.00 bits per heavy atom. The summed E-state index contributed by atoms with van der Waals surface area (Å²) in [5.41, 5.74) is 5.54. The molecule has 0 saturated carbocycles. The second kappa shape index (κ2) is 4.83. The predicted octanol–water partition coefficient (Wildman–Crippen LogP) is 4.30. The molecule has 1 aromatic heterocycles. The molecule has 0 unspecified atom stereocenters. The molecule has 1 aromatic carbocycles. The van der Waals surface area contributed by atoms with Crippen LogP contribution in [0.1, 0.15) is 22.5 Å². The molecule has 0 aliphatic rings. The summed E-state index contributed by atoms with van der Waals surface area (Å²) in [4.78, 5) is 0. The summed E-state index contributed by atoms with van der Waals surface area (Å²) in [5.74, 6) is 0.549. The topological polar surface area (TPSA) is 17.8 Å². The molecular formula is C13H14BrClN2. The summed E-state index contributed by atoms with van der Waals surface area (Å²) in [6, 6.07) is 6.22. The van der Waals surface area contributed by atoms with Crippen molar-refractivity contribution in [2.75, 3.05) is 0 Å². The maximum atomic E-state index is 5.86. The molecular weight excluding hydrogens is 300 g/mol. The first kappa shape index (κ1) is 12.7. The first-order valence-corrected chi connectivity index (χ1v) is 6.75. The number of aryl methyl sites for hydroxylation is 2. The van der Waals surface area contributed by atoms with E-state index in [2.05, 4.69) is 53.1 Å². The number of halogens is 2. The van der Waals surface area contributed by atoms with Crippen LogP contribution < -0.4 is 0 Å². The number of benzene rings is 1. The van der Waals surface area contributed by atoms with E-state index in [0.717, 1.165) is 27.1 Å². The Balaban J connectivity index is 2.53. The second-order valence-electron chi connectivity index (χ2n) is 4.14. The molecule has 0 saturated heterocycles. The van der Waals surface area contributed by atoms with Crippen LogP contribution in [0.4, 0.5) is 0 Å². The van der Waals surface area contributed by atoms with Crippen LogP contribution in [0.15, 0.2) is 22.7 Å². The van der Waals surface area contributed by atoms with E-state index >= 15 is 0 Å². The molecule has 0 amide bonds. The van der Waals surface area contributed by atoms with E-state index in [1.807, 2.05) is 11.6 Å². The van der Waals surface area contributed by atoms with E-state index in [9.17, 15) is 0 Å². The highest BCUT2D eigenvalue weighted by atomic mass is 79.9. The zero-order chi connectivity index (χ0) is 12.6. The normalized spacial score (nSPS) is 10.9. The Labute approximate surface area is 115 Å². The van der Waals surface area contributed by atoms with Gasteiger partial charge in [-0.15, -0.1) is 11.6 Å². The lowest BCUT2D eigenvalue weighted by Crippen LogP contribution is -2.00. The van der Waals surface area contributed by atoms with E-state index in [1.165, 1.54) is 5.56 Å². The van der Waals surface area contributed by atoms with Crippen molar-refractivity contribution in [2.45, 2.75) is 26.7 Å². The molecule has 4 heteroatoms. The quantitative estimate of drug-likeness (QED) is 0.756. The Hall–Kier alpha value is -0.800. The third kappa shape index (κ3) is 2.26. The molecule has 0 aliphatic carbocycles. The Morgan fingerprint density at radius 1 is 1.29 bits per heavy atom. The summed E-state index contributed by atoms with van der Waals surface area (Å²) in [6.07, 6.45) is 0. The van der Waals surface area contributed by atoms with Crippen LogP contribution in [0.25, 0.3) is 5.69 Å². The minimum atomic E-state index is 0.549. The SMILES string of the molecule is Cc1cc(-n2nc(C)c(Br)c2C)ccc1CCl. The highest BCUT2D eigenvalue weighted by Gasteiger charge is 2.10. The number of hydrogen-bond donors (Lipinski definition) is 0. The van der Waals surface area contributed by atoms with Crippen LogP contribution in [0.2, 0.25) is 0 Å². The zero-order valence-corrected chi connectivity index (χ0v) is 12.4. The molecule has 0 radical (unpaired) electrons. The van der Waals surface area contributed by atoms with Gasteiger partial charge in [0.1, 0.15) is 0 Å². The predicted molar refractivity (Wildman–Crippen MR) is 75.0 cm³/mol. The fraction of sp³-hybridized carbons (Fsp3) is 0.308. The van der Waals surface area contributed by atoms with Gasteiger partial charge in [0, 0.05) is 5.88 Å². The van der Waals surface area contributed by atoms with Gasteiger partial charge < -0.3 is 0 Å². The lowest BCUT2D eigenvalue weighted by atomic mass is 10.1. The molecule has 1 heterocycles. The highest BCUT2D eigenvalue weighted by molar-refractivity contribution is 9.10. The minimum Gasteiger partial charge on any atom is -0.237 e. The Kier molecular flexibility index (Phi) is 3.59.